The van der Waals surface area contributed by atoms with Gasteiger partial charge in [0.15, 0.2) is 5.75 Å². The summed E-state index contributed by atoms with van der Waals surface area (Å²) in [6.45, 7) is 0. The second-order valence-electron chi connectivity index (χ2n) is 4.25. The highest BCUT2D eigenvalue weighted by atomic mass is 16.6. The van der Waals surface area contributed by atoms with Gasteiger partial charge in [0, 0.05) is 12.4 Å². The number of ether oxygens (including phenoxy) is 1. The number of phenolic OH excluding ortho intramolecular Hbond substituents is 1. The van der Waals surface area contributed by atoms with Gasteiger partial charge in [-0.25, -0.2) is 5.43 Å². The van der Waals surface area contributed by atoms with Crippen molar-refractivity contribution in [3.63, 3.8) is 0 Å². The molecular weight excluding hydrogens is 304 g/mol. The number of carbonyl (C=O) groups excluding carboxylic acids is 1. The molecule has 9 heteroatoms. The van der Waals surface area contributed by atoms with Crippen molar-refractivity contribution in [2.24, 2.45) is 5.10 Å². The van der Waals surface area contributed by atoms with Gasteiger partial charge in [-0.05, 0) is 24.3 Å². The quantitative estimate of drug-likeness (QED) is 0.488. The van der Waals surface area contributed by atoms with Crippen LogP contribution in [0.5, 0.6) is 11.5 Å². The molecule has 1 aromatic heterocycles. The Hall–Kier alpha value is -3.49. The molecule has 0 fully saturated rings. The molecule has 0 saturated heterocycles. The fourth-order valence-corrected chi connectivity index (χ4v) is 1.79. The minimum absolute atomic E-state index is 0.0659. The average molecular weight is 316 g/mol. The van der Waals surface area contributed by atoms with E-state index in [4.69, 9.17) is 4.74 Å². The number of nitrogens with zero attached hydrogens (tertiary/aromatic N) is 3. The number of nitrogens with one attached hydrogen (secondary N) is 1. The van der Waals surface area contributed by atoms with Gasteiger partial charge < -0.3 is 9.84 Å². The lowest BCUT2D eigenvalue weighted by Gasteiger charge is -2.06. The number of amides is 1. The number of nitro groups is 1. The molecule has 0 saturated carbocycles. The predicted molar refractivity (Wildman–Crippen MR) is 80.6 cm³/mol. The number of pyridine rings is 1. The summed E-state index contributed by atoms with van der Waals surface area (Å²) in [6.07, 6.45) is 3.97. The van der Waals surface area contributed by atoms with E-state index in [9.17, 15) is 20.0 Å². The second-order valence-corrected chi connectivity index (χ2v) is 4.25. The maximum atomic E-state index is 11.8. The van der Waals surface area contributed by atoms with Crippen molar-refractivity contribution in [3.05, 3.63) is 57.9 Å². The number of carbonyl (C=O) groups is 1. The van der Waals surface area contributed by atoms with Crippen molar-refractivity contribution in [2.75, 3.05) is 7.11 Å². The number of aromatic nitrogens is 1. The molecule has 0 spiro atoms. The Morgan fingerprint density at radius 3 is 2.87 bits per heavy atom. The van der Waals surface area contributed by atoms with Gasteiger partial charge >= 0.3 is 5.69 Å². The Balaban J connectivity index is 2.23. The van der Waals surface area contributed by atoms with Gasteiger partial charge in [-0.1, -0.05) is 0 Å². The summed E-state index contributed by atoms with van der Waals surface area (Å²) in [5.74, 6) is -1.16. The third-order valence-corrected chi connectivity index (χ3v) is 2.82. The standard InChI is InChI=1S/C14H12N4O5/c1-23-13-11(19)5-4-9(12(13)18(21)22)8-16-17-14(20)10-3-2-6-15-7-10/h2-8,19H,1H3,(H,17,20). The summed E-state index contributed by atoms with van der Waals surface area (Å²) in [6, 6.07) is 5.66. The van der Waals surface area contributed by atoms with Crippen LogP contribution in [0.3, 0.4) is 0 Å². The third kappa shape index (κ3) is 3.59. The highest BCUT2D eigenvalue weighted by Crippen LogP contribution is 2.37. The van der Waals surface area contributed by atoms with E-state index in [0.717, 1.165) is 6.21 Å². The Morgan fingerprint density at radius 2 is 2.26 bits per heavy atom. The van der Waals surface area contributed by atoms with Gasteiger partial charge in [0.2, 0.25) is 5.75 Å². The van der Waals surface area contributed by atoms with Crippen molar-refractivity contribution in [1.82, 2.24) is 10.4 Å². The smallest absolute Gasteiger partial charge is 0.323 e. The van der Waals surface area contributed by atoms with E-state index < -0.39 is 16.5 Å². The van der Waals surface area contributed by atoms with Crippen LogP contribution in [-0.2, 0) is 0 Å². The van der Waals surface area contributed by atoms with Gasteiger partial charge in [0.1, 0.15) is 0 Å². The van der Waals surface area contributed by atoms with Crippen molar-refractivity contribution in [1.29, 1.82) is 0 Å². The first-order valence-electron chi connectivity index (χ1n) is 6.32. The van der Waals surface area contributed by atoms with Crippen LogP contribution in [0.4, 0.5) is 5.69 Å². The zero-order chi connectivity index (χ0) is 16.8. The minimum atomic E-state index is -0.706. The lowest BCUT2D eigenvalue weighted by Crippen LogP contribution is -2.17. The second kappa shape index (κ2) is 6.98. The van der Waals surface area contributed by atoms with E-state index >= 15 is 0 Å². The Kier molecular flexibility index (Phi) is 4.82. The molecule has 23 heavy (non-hydrogen) atoms. The fraction of sp³-hybridized carbons (Fsp3) is 0.0714. The molecule has 1 amide bonds. The molecule has 0 aliphatic carbocycles. The first-order chi connectivity index (χ1) is 11.0. The molecule has 0 unspecified atom stereocenters. The van der Waals surface area contributed by atoms with Crippen LogP contribution in [0.25, 0.3) is 0 Å². The van der Waals surface area contributed by atoms with Crippen LogP contribution < -0.4 is 10.2 Å². The minimum Gasteiger partial charge on any atom is -0.504 e. The number of rotatable bonds is 5. The largest absolute Gasteiger partial charge is 0.504 e. The van der Waals surface area contributed by atoms with Gasteiger partial charge in [-0.15, -0.1) is 0 Å². The SMILES string of the molecule is COc1c(O)ccc(C=NNC(=O)c2cccnc2)c1[N+](=O)[O-]. The molecule has 0 radical (unpaired) electrons. The third-order valence-electron chi connectivity index (χ3n) is 2.82. The number of aromatic hydroxyl groups is 1. The molecule has 0 aliphatic heterocycles. The molecule has 0 atom stereocenters. The Bertz CT molecular complexity index is 761. The van der Waals surface area contributed by atoms with Crippen LogP contribution in [-0.4, -0.2) is 34.2 Å². The summed E-state index contributed by atoms with van der Waals surface area (Å²) in [7, 11) is 1.20. The van der Waals surface area contributed by atoms with Crippen LogP contribution in [0.15, 0.2) is 41.8 Å². The molecule has 1 aromatic carbocycles. The normalized spacial score (nSPS) is 10.5. The van der Waals surface area contributed by atoms with Gasteiger partial charge in [-0.2, -0.15) is 5.10 Å². The van der Waals surface area contributed by atoms with Crippen molar-refractivity contribution in [3.8, 4) is 11.5 Å². The van der Waals surface area contributed by atoms with Crippen molar-refractivity contribution in [2.45, 2.75) is 0 Å². The number of phenols is 1. The van der Waals surface area contributed by atoms with E-state index in [0.29, 0.717) is 5.56 Å². The summed E-state index contributed by atoms with van der Waals surface area (Å²) in [4.78, 5) is 26.0. The first kappa shape index (κ1) is 15.9. The zero-order valence-electron chi connectivity index (χ0n) is 12.0. The number of hydrogen-bond donors (Lipinski definition) is 2. The molecular formula is C14H12N4O5. The summed E-state index contributed by atoms with van der Waals surface area (Å²) < 4.78 is 4.83. The highest BCUT2D eigenvalue weighted by Gasteiger charge is 2.23. The average Bonchev–Trinajstić information content (AvgIpc) is 2.56. The van der Waals surface area contributed by atoms with E-state index in [1.54, 1.807) is 12.1 Å². The Morgan fingerprint density at radius 1 is 1.48 bits per heavy atom. The number of methoxy groups -OCH3 is 1. The molecule has 2 N–H and O–H groups in total. The molecule has 2 rings (SSSR count). The highest BCUT2D eigenvalue weighted by molar-refractivity contribution is 5.95. The van der Waals surface area contributed by atoms with Crippen molar-refractivity contribution >= 4 is 17.8 Å². The molecule has 2 aromatic rings. The number of benzene rings is 1. The molecule has 0 aliphatic rings. The molecule has 0 bridgehead atoms. The lowest BCUT2D eigenvalue weighted by molar-refractivity contribution is -0.386. The molecule has 118 valence electrons. The predicted octanol–water partition coefficient (Wildman–Crippen LogP) is 1.47. The van der Waals surface area contributed by atoms with Gasteiger partial charge in [-0.3, -0.25) is 19.9 Å². The Labute approximate surface area is 130 Å². The topological polar surface area (TPSA) is 127 Å². The fourth-order valence-electron chi connectivity index (χ4n) is 1.79. The van der Waals surface area contributed by atoms with Crippen LogP contribution in [0, 0.1) is 10.1 Å². The van der Waals surface area contributed by atoms with Crippen LogP contribution >= 0.6 is 0 Å². The maximum absolute atomic E-state index is 11.8. The van der Waals surface area contributed by atoms with Crippen LogP contribution in [0.1, 0.15) is 15.9 Å². The zero-order valence-corrected chi connectivity index (χ0v) is 12.0. The van der Waals surface area contributed by atoms with E-state index in [1.165, 1.54) is 31.6 Å². The monoisotopic (exact) mass is 316 g/mol. The van der Waals surface area contributed by atoms with Gasteiger partial charge in [0.25, 0.3) is 5.91 Å². The van der Waals surface area contributed by atoms with Crippen molar-refractivity contribution < 1.29 is 19.6 Å². The number of hydrazone groups is 1. The maximum Gasteiger partial charge on any atom is 0.323 e. The number of nitro benzene ring substituents is 1. The number of hydrogen-bond acceptors (Lipinski definition) is 7. The summed E-state index contributed by atoms with van der Waals surface area (Å²) >= 11 is 0. The first-order valence-corrected chi connectivity index (χ1v) is 6.32. The summed E-state index contributed by atoms with van der Waals surface area (Å²) in [5.41, 5.74) is 2.14. The molecule has 1 heterocycles. The van der Waals surface area contributed by atoms with E-state index in [-0.39, 0.29) is 17.1 Å². The van der Waals surface area contributed by atoms with Gasteiger partial charge in [0.05, 0.1) is 29.4 Å². The summed E-state index contributed by atoms with van der Waals surface area (Å²) in [5, 5.41) is 24.4. The van der Waals surface area contributed by atoms with Crippen LogP contribution in [0.2, 0.25) is 0 Å². The van der Waals surface area contributed by atoms with E-state index in [1.807, 2.05) is 0 Å². The van der Waals surface area contributed by atoms with E-state index in [2.05, 4.69) is 15.5 Å². The molecule has 9 nitrogen and oxygen atoms in total. The lowest BCUT2D eigenvalue weighted by atomic mass is 10.1.